The quantitative estimate of drug-likeness (QED) is 0.712. The number of hydrogen-bond acceptors (Lipinski definition) is 7. The Labute approximate surface area is 165 Å². The number of carbonyl (C=O) groups is 1. The second-order valence-corrected chi connectivity index (χ2v) is 7.55. The molecule has 0 spiro atoms. The molecular formula is C19H20N6O2S. The van der Waals surface area contributed by atoms with Crippen molar-refractivity contribution in [1.82, 2.24) is 19.7 Å². The van der Waals surface area contributed by atoms with Crippen LogP contribution < -0.4 is 15.8 Å². The third-order valence-electron chi connectivity index (χ3n) is 4.68. The highest BCUT2D eigenvalue weighted by atomic mass is 32.1. The molecule has 1 fully saturated rings. The highest BCUT2D eigenvalue weighted by molar-refractivity contribution is 7.13. The van der Waals surface area contributed by atoms with Crippen molar-refractivity contribution in [1.29, 1.82) is 0 Å². The first-order valence-electron chi connectivity index (χ1n) is 9.13. The fourth-order valence-corrected chi connectivity index (χ4v) is 3.83. The van der Waals surface area contributed by atoms with Gasteiger partial charge in [0.2, 0.25) is 5.91 Å². The van der Waals surface area contributed by atoms with E-state index in [1.807, 2.05) is 17.5 Å². The van der Waals surface area contributed by atoms with Crippen molar-refractivity contribution in [2.24, 2.45) is 0 Å². The molecule has 1 aliphatic heterocycles. The minimum absolute atomic E-state index is 0.330. The van der Waals surface area contributed by atoms with Crippen LogP contribution in [-0.2, 0) is 4.79 Å². The number of nitrogens with zero attached hydrogens (tertiary/aromatic N) is 5. The molecule has 1 unspecified atom stereocenters. The van der Waals surface area contributed by atoms with Crippen LogP contribution in [0.25, 0.3) is 10.6 Å². The SMILES string of the molecule is CC(C(=O)Nc1cc(N2CCCC2)ncn1)n1nc(-c2cccs2)ccc1=O. The molecule has 0 radical (unpaired) electrons. The Kier molecular flexibility index (Phi) is 5.16. The molecule has 1 aliphatic rings. The molecule has 1 amide bonds. The first kappa shape index (κ1) is 18.3. The monoisotopic (exact) mass is 396 g/mol. The van der Waals surface area contributed by atoms with Crippen LogP contribution >= 0.6 is 11.3 Å². The Balaban J connectivity index is 1.53. The van der Waals surface area contributed by atoms with Crippen molar-refractivity contribution < 1.29 is 4.79 Å². The number of carbonyl (C=O) groups excluding carboxylic acids is 1. The highest BCUT2D eigenvalue weighted by Gasteiger charge is 2.20. The Morgan fingerprint density at radius 2 is 2.04 bits per heavy atom. The Morgan fingerprint density at radius 1 is 1.21 bits per heavy atom. The number of rotatable bonds is 5. The highest BCUT2D eigenvalue weighted by Crippen LogP contribution is 2.22. The zero-order chi connectivity index (χ0) is 19.5. The lowest BCUT2D eigenvalue weighted by Gasteiger charge is -2.17. The fourth-order valence-electron chi connectivity index (χ4n) is 3.13. The molecule has 28 heavy (non-hydrogen) atoms. The molecule has 1 saturated heterocycles. The average Bonchev–Trinajstić information content (AvgIpc) is 3.42. The summed E-state index contributed by atoms with van der Waals surface area (Å²) in [6.45, 7) is 3.55. The van der Waals surface area contributed by atoms with Gasteiger partial charge in [-0.2, -0.15) is 5.10 Å². The van der Waals surface area contributed by atoms with Gasteiger partial charge in [0.15, 0.2) is 0 Å². The summed E-state index contributed by atoms with van der Waals surface area (Å²) >= 11 is 1.53. The Morgan fingerprint density at radius 3 is 2.79 bits per heavy atom. The maximum atomic E-state index is 12.7. The van der Waals surface area contributed by atoms with Crippen molar-refractivity contribution in [2.75, 3.05) is 23.3 Å². The topological polar surface area (TPSA) is 93.0 Å². The Hall–Kier alpha value is -3.07. The van der Waals surface area contributed by atoms with Crippen LogP contribution in [0.3, 0.4) is 0 Å². The lowest BCUT2D eigenvalue weighted by atomic mass is 10.3. The maximum absolute atomic E-state index is 12.7. The second kappa shape index (κ2) is 7.89. The molecule has 1 N–H and O–H groups in total. The number of aromatic nitrogens is 4. The van der Waals surface area contributed by atoms with Crippen LogP contribution in [0, 0.1) is 0 Å². The van der Waals surface area contributed by atoms with E-state index in [1.54, 1.807) is 19.1 Å². The normalized spacial score (nSPS) is 14.8. The van der Waals surface area contributed by atoms with E-state index in [9.17, 15) is 9.59 Å². The van der Waals surface area contributed by atoms with E-state index in [0.717, 1.165) is 36.6 Å². The fraction of sp³-hybridized carbons (Fsp3) is 0.316. The molecule has 0 saturated carbocycles. The van der Waals surface area contributed by atoms with Crippen molar-refractivity contribution in [3.63, 3.8) is 0 Å². The zero-order valence-corrected chi connectivity index (χ0v) is 16.2. The van der Waals surface area contributed by atoms with Crippen molar-refractivity contribution in [2.45, 2.75) is 25.8 Å². The van der Waals surface area contributed by atoms with E-state index in [4.69, 9.17) is 0 Å². The molecule has 0 aliphatic carbocycles. The van der Waals surface area contributed by atoms with Gasteiger partial charge in [-0.25, -0.2) is 14.6 Å². The van der Waals surface area contributed by atoms with E-state index in [1.165, 1.54) is 28.4 Å². The molecule has 144 valence electrons. The van der Waals surface area contributed by atoms with E-state index in [-0.39, 0.29) is 11.5 Å². The number of anilines is 2. The van der Waals surface area contributed by atoms with Gasteiger partial charge in [0.05, 0.1) is 4.88 Å². The van der Waals surface area contributed by atoms with Gasteiger partial charge in [-0.05, 0) is 37.3 Å². The summed E-state index contributed by atoms with van der Waals surface area (Å²) in [5.41, 5.74) is 0.330. The summed E-state index contributed by atoms with van der Waals surface area (Å²) in [7, 11) is 0. The molecule has 4 rings (SSSR count). The van der Waals surface area contributed by atoms with Crippen molar-refractivity contribution in [3.8, 4) is 10.6 Å². The maximum Gasteiger partial charge on any atom is 0.267 e. The number of amides is 1. The minimum Gasteiger partial charge on any atom is -0.356 e. The second-order valence-electron chi connectivity index (χ2n) is 6.60. The molecule has 9 heteroatoms. The number of thiophene rings is 1. The summed E-state index contributed by atoms with van der Waals surface area (Å²) in [6, 6.07) is 7.92. The lowest BCUT2D eigenvalue weighted by Crippen LogP contribution is -2.33. The van der Waals surface area contributed by atoms with Crippen LogP contribution in [0.5, 0.6) is 0 Å². The molecule has 1 atom stereocenters. The van der Waals surface area contributed by atoms with Gasteiger partial charge in [-0.3, -0.25) is 9.59 Å². The van der Waals surface area contributed by atoms with E-state index < -0.39 is 6.04 Å². The number of nitrogens with one attached hydrogen (secondary N) is 1. The summed E-state index contributed by atoms with van der Waals surface area (Å²) < 4.78 is 1.20. The summed E-state index contributed by atoms with van der Waals surface area (Å²) in [4.78, 5) is 36.5. The summed E-state index contributed by atoms with van der Waals surface area (Å²) in [6.07, 6.45) is 3.71. The molecule has 8 nitrogen and oxygen atoms in total. The van der Waals surface area contributed by atoms with Gasteiger partial charge in [-0.15, -0.1) is 11.3 Å². The summed E-state index contributed by atoms with van der Waals surface area (Å²) in [5.74, 6) is 0.852. The molecule has 0 bridgehead atoms. The van der Waals surface area contributed by atoms with Crippen LogP contribution in [0.4, 0.5) is 11.6 Å². The van der Waals surface area contributed by atoms with Gasteiger partial charge < -0.3 is 10.2 Å². The lowest BCUT2D eigenvalue weighted by molar-refractivity contribution is -0.119. The number of hydrogen-bond donors (Lipinski definition) is 1. The molecule has 3 aromatic rings. The third-order valence-corrected chi connectivity index (χ3v) is 5.57. The van der Waals surface area contributed by atoms with Gasteiger partial charge in [0.1, 0.15) is 29.7 Å². The zero-order valence-electron chi connectivity index (χ0n) is 15.4. The van der Waals surface area contributed by atoms with Gasteiger partial charge in [-0.1, -0.05) is 6.07 Å². The largest absolute Gasteiger partial charge is 0.356 e. The average molecular weight is 396 g/mol. The van der Waals surface area contributed by atoms with Crippen LogP contribution in [-0.4, -0.2) is 38.7 Å². The van der Waals surface area contributed by atoms with Crippen LogP contribution in [0.1, 0.15) is 25.8 Å². The van der Waals surface area contributed by atoms with E-state index >= 15 is 0 Å². The smallest absolute Gasteiger partial charge is 0.267 e. The predicted molar refractivity (Wildman–Crippen MR) is 109 cm³/mol. The van der Waals surface area contributed by atoms with Gasteiger partial charge >= 0.3 is 0 Å². The van der Waals surface area contributed by atoms with Crippen LogP contribution in [0.2, 0.25) is 0 Å². The Bertz CT molecular complexity index is 1030. The van der Waals surface area contributed by atoms with Crippen LogP contribution in [0.15, 0.2) is 46.8 Å². The third kappa shape index (κ3) is 3.79. The molecule has 0 aromatic carbocycles. The molecular weight excluding hydrogens is 376 g/mol. The summed E-state index contributed by atoms with van der Waals surface area (Å²) in [5, 5.41) is 9.08. The van der Waals surface area contributed by atoms with Gasteiger partial charge in [0.25, 0.3) is 5.56 Å². The predicted octanol–water partition coefficient (Wildman–Crippen LogP) is 2.56. The standard InChI is InChI=1S/C19H20N6O2S/c1-13(25-18(26)7-6-14(23-25)15-5-4-10-28-15)19(27)22-16-11-17(21-12-20-16)24-8-2-3-9-24/h4-7,10-13H,2-3,8-9H2,1H3,(H,20,21,22,27). The molecule has 3 aromatic heterocycles. The van der Waals surface area contributed by atoms with E-state index in [0.29, 0.717) is 11.5 Å². The van der Waals surface area contributed by atoms with Crippen molar-refractivity contribution >= 4 is 28.9 Å². The first-order valence-corrected chi connectivity index (χ1v) is 10.0. The van der Waals surface area contributed by atoms with E-state index in [2.05, 4.69) is 25.3 Å². The minimum atomic E-state index is -0.780. The molecule has 4 heterocycles. The first-order chi connectivity index (χ1) is 13.6. The van der Waals surface area contributed by atoms with Crippen molar-refractivity contribution in [3.05, 3.63) is 52.4 Å². The van der Waals surface area contributed by atoms with Gasteiger partial charge in [0, 0.05) is 25.2 Å².